The molecule has 4 heteroatoms. The van der Waals surface area contributed by atoms with Gasteiger partial charge in [0, 0.05) is 19.6 Å². The summed E-state index contributed by atoms with van der Waals surface area (Å²) in [5.74, 6) is -0.240. The lowest BCUT2D eigenvalue weighted by atomic mass is 9.87. The van der Waals surface area contributed by atoms with Crippen molar-refractivity contribution in [2.75, 3.05) is 19.6 Å². The predicted molar refractivity (Wildman–Crippen MR) is 86.6 cm³/mol. The van der Waals surface area contributed by atoms with Crippen LogP contribution in [0, 0.1) is 5.82 Å². The van der Waals surface area contributed by atoms with Crippen LogP contribution in [0.15, 0.2) is 48.5 Å². The molecule has 2 nitrogen and oxygen atoms in total. The Morgan fingerprint density at radius 1 is 1.00 bits per heavy atom. The van der Waals surface area contributed by atoms with Crippen molar-refractivity contribution >= 4 is 0 Å². The fourth-order valence-corrected chi connectivity index (χ4v) is 3.92. The molecule has 2 aromatic rings. The lowest BCUT2D eigenvalue weighted by molar-refractivity contribution is 0.106. The fourth-order valence-electron chi connectivity index (χ4n) is 3.92. The second-order valence-electron chi connectivity index (χ2n) is 6.38. The number of fused-ring (bicyclic) bond motifs is 1. The Labute approximate surface area is 135 Å². The lowest BCUT2D eigenvalue weighted by Crippen LogP contribution is -2.47. The second-order valence-corrected chi connectivity index (χ2v) is 6.38. The van der Waals surface area contributed by atoms with Crippen LogP contribution in [0.4, 0.5) is 8.78 Å². The van der Waals surface area contributed by atoms with Gasteiger partial charge in [0.05, 0.1) is 12.1 Å². The molecule has 0 saturated carbocycles. The largest absolute Gasteiger partial charge is 0.312 e. The van der Waals surface area contributed by atoms with Gasteiger partial charge in [0.2, 0.25) is 0 Å². The topological polar surface area (TPSA) is 15.3 Å². The Morgan fingerprint density at radius 2 is 1.78 bits per heavy atom. The molecule has 0 bridgehead atoms. The van der Waals surface area contributed by atoms with E-state index in [2.05, 4.69) is 22.3 Å². The first-order valence-electron chi connectivity index (χ1n) is 8.18. The van der Waals surface area contributed by atoms with Gasteiger partial charge < -0.3 is 5.32 Å². The van der Waals surface area contributed by atoms with Gasteiger partial charge in [-0.3, -0.25) is 4.90 Å². The van der Waals surface area contributed by atoms with Crippen molar-refractivity contribution in [1.29, 1.82) is 0 Å². The second kappa shape index (κ2) is 6.02. The van der Waals surface area contributed by atoms with Gasteiger partial charge in [-0.15, -0.1) is 0 Å². The van der Waals surface area contributed by atoms with Gasteiger partial charge in [-0.25, -0.2) is 8.78 Å². The number of halogens is 2. The van der Waals surface area contributed by atoms with Crippen molar-refractivity contribution in [3.63, 3.8) is 0 Å². The number of rotatable bonds is 2. The Kier molecular flexibility index (Phi) is 3.87. The summed E-state index contributed by atoms with van der Waals surface area (Å²) < 4.78 is 27.7. The molecule has 120 valence electrons. The highest BCUT2D eigenvalue weighted by molar-refractivity contribution is 5.40. The van der Waals surface area contributed by atoms with Crippen molar-refractivity contribution in [1.82, 2.24) is 10.2 Å². The minimum Gasteiger partial charge on any atom is -0.312 e. The first-order chi connectivity index (χ1) is 11.2. The van der Waals surface area contributed by atoms with Gasteiger partial charge in [0.15, 0.2) is 0 Å². The van der Waals surface area contributed by atoms with Gasteiger partial charge in [-0.2, -0.15) is 0 Å². The number of benzene rings is 2. The van der Waals surface area contributed by atoms with E-state index in [0.717, 1.165) is 18.5 Å². The van der Waals surface area contributed by atoms with E-state index >= 15 is 0 Å². The van der Waals surface area contributed by atoms with E-state index in [9.17, 15) is 8.78 Å². The molecule has 2 heterocycles. The molecule has 0 amide bonds. The molecule has 23 heavy (non-hydrogen) atoms. The average Bonchev–Trinajstić information content (AvgIpc) is 3.01. The zero-order valence-electron chi connectivity index (χ0n) is 12.9. The van der Waals surface area contributed by atoms with Crippen LogP contribution < -0.4 is 5.32 Å². The number of alkyl halides is 1. The molecule has 1 saturated heterocycles. The van der Waals surface area contributed by atoms with Crippen LogP contribution >= 0.6 is 0 Å². The van der Waals surface area contributed by atoms with Crippen molar-refractivity contribution in [3.8, 4) is 0 Å². The van der Waals surface area contributed by atoms with E-state index in [-0.39, 0.29) is 17.9 Å². The summed E-state index contributed by atoms with van der Waals surface area (Å²) in [5, 5.41) is 3.15. The number of hydrogen-bond acceptors (Lipinski definition) is 2. The van der Waals surface area contributed by atoms with Crippen molar-refractivity contribution in [2.24, 2.45) is 0 Å². The van der Waals surface area contributed by atoms with Crippen molar-refractivity contribution in [2.45, 2.75) is 24.7 Å². The van der Waals surface area contributed by atoms with Crippen LogP contribution in [0.1, 0.15) is 22.7 Å². The van der Waals surface area contributed by atoms with Crippen molar-refractivity contribution in [3.05, 3.63) is 71.0 Å². The molecule has 1 N–H and O–H groups in total. The van der Waals surface area contributed by atoms with Crippen LogP contribution in [0.2, 0.25) is 0 Å². The van der Waals surface area contributed by atoms with E-state index in [1.54, 1.807) is 0 Å². The maximum absolute atomic E-state index is 14.3. The smallest absolute Gasteiger partial charge is 0.129 e. The Morgan fingerprint density at radius 3 is 2.52 bits per heavy atom. The third-order valence-electron chi connectivity index (χ3n) is 5.04. The number of nitrogens with zero attached hydrogens (tertiary/aromatic N) is 1. The standard InChI is InChI=1S/C19H20F2N2/c20-15-7-5-14(6-8-15)19-16-4-2-1-3-13(16)9-10-23(19)18-12-22-11-17(18)21/h1-8,17-19,22H,9-12H2/t17-,18-,19-/m0/s1. The van der Waals surface area contributed by atoms with E-state index in [1.807, 2.05) is 24.3 Å². The first-order valence-corrected chi connectivity index (χ1v) is 8.18. The summed E-state index contributed by atoms with van der Waals surface area (Å²) in [6.07, 6.45) is 0.0695. The SMILES string of the molecule is Fc1ccc([C@H]2c3ccccc3CCN2[C@H]2CNC[C@@H]2F)cc1. The molecule has 0 radical (unpaired) electrons. The van der Waals surface area contributed by atoms with Gasteiger partial charge >= 0.3 is 0 Å². The summed E-state index contributed by atoms with van der Waals surface area (Å²) in [7, 11) is 0. The Hall–Kier alpha value is -1.78. The summed E-state index contributed by atoms with van der Waals surface area (Å²) in [6, 6.07) is 14.8. The summed E-state index contributed by atoms with van der Waals surface area (Å²) in [6.45, 7) is 1.91. The normalized spacial score (nSPS) is 27.8. The summed E-state index contributed by atoms with van der Waals surface area (Å²) in [4.78, 5) is 2.25. The number of hydrogen-bond donors (Lipinski definition) is 1. The highest BCUT2D eigenvalue weighted by Gasteiger charge is 2.39. The predicted octanol–water partition coefficient (Wildman–Crippen LogP) is 3.08. The maximum Gasteiger partial charge on any atom is 0.129 e. The Balaban J connectivity index is 1.78. The molecule has 4 rings (SSSR count). The quantitative estimate of drug-likeness (QED) is 0.916. The molecule has 1 fully saturated rings. The minimum absolute atomic E-state index is 0.0105. The zero-order chi connectivity index (χ0) is 15.8. The van der Waals surface area contributed by atoms with Crippen LogP contribution in [0.5, 0.6) is 0 Å². The fraction of sp³-hybridized carbons (Fsp3) is 0.368. The maximum atomic E-state index is 14.3. The molecule has 0 unspecified atom stereocenters. The summed E-state index contributed by atoms with van der Waals surface area (Å²) in [5.41, 5.74) is 3.54. The average molecular weight is 314 g/mol. The van der Waals surface area contributed by atoms with E-state index in [0.29, 0.717) is 13.1 Å². The van der Waals surface area contributed by atoms with Crippen LogP contribution in [-0.2, 0) is 6.42 Å². The van der Waals surface area contributed by atoms with Crippen LogP contribution in [0.25, 0.3) is 0 Å². The van der Waals surface area contributed by atoms with E-state index in [1.165, 1.54) is 23.3 Å². The molecule has 3 atom stereocenters. The van der Waals surface area contributed by atoms with Crippen LogP contribution in [-0.4, -0.2) is 36.7 Å². The summed E-state index contributed by atoms with van der Waals surface area (Å²) >= 11 is 0. The van der Waals surface area contributed by atoms with Gasteiger partial charge in [-0.1, -0.05) is 36.4 Å². The first kappa shape index (κ1) is 14.8. The molecule has 2 aliphatic heterocycles. The molecular formula is C19H20F2N2. The highest BCUT2D eigenvalue weighted by Crippen LogP contribution is 2.37. The molecule has 2 aliphatic rings. The molecular weight excluding hydrogens is 294 g/mol. The highest BCUT2D eigenvalue weighted by atomic mass is 19.1. The monoisotopic (exact) mass is 314 g/mol. The van der Waals surface area contributed by atoms with Crippen LogP contribution in [0.3, 0.4) is 0 Å². The lowest BCUT2D eigenvalue weighted by Gasteiger charge is -2.41. The zero-order valence-corrected chi connectivity index (χ0v) is 12.9. The number of nitrogens with one attached hydrogen (secondary N) is 1. The third kappa shape index (κ3) is 2.66. The van der Waals surface area contributed by atoms with E-state index in [4.69, 9.17) is 0 Å². The molecule has 0 aromatic heterocycles. The van der Waals surface area contributed by atoms with Crippen molar-refractivity contribution < 1.29 is 8.78 Å². The minimum atomic E-state index is -0.858. The third-order valence-corrected chi connectivity index (χ3v) is 5.04. The van der Waals surface area contributed by atoms with E-state index < -0.39 is 6.17 Å². The van der Waals surface area contributed by atoms with Gasteiger partial charge in [0.25, 0.3) is 0 Å². The molecule has 2 aromatic carbocycles. The Bertz CT molecular complexity index is 686. The molecule has 0 aliphatic carbocycles. The van der Waals surface area contributed by atoms with Gasteiger partial charge in [-0.05, 0) is 35.2 Å². The van der Waals surface area contributed by atoms with Gasteiger partial charge in [0.1, 0.15) is 12.0 Å². The molecule has 0 spiro atoms.